The number of nitrogens with zero attached hydrogens (tertiary/aromatic N) is 2. The molecule has 0 aliphatic heterocycles. The minimum absolute atomic E-state index is 0.120. The summed E-state index contributed by atoms with van der Waals surface area (Å²) in [7, 11) is 0. The molecule has 2 amide bonds. The number of benzene rings is 2. The van der Waals surface area contributed by atoms with Gasteiger partial charge in [0.05, 0.1) is 17.1 Å². The van der Waals surface area contributed by atoms with Crippen LogP contribution in [-0.4, -0.2) is 33.8 Å². The molecule has 0 bridgehead atoms. The molecule has 7 N–H and O–H groups in total. The lowest BCUT2D eigenvalue weighted by Crippen LogP contribution is -2.22. The summed E-state index contributed by atoms with van der Waals surface area (Å²) in [5.74, 6) is -0.487. The van der Waals surface area contributed by atoms with Crippen LogP contribution in [0.5, 0.6) is 0 Å². The molecule has 0 radical (unpaired) electrons. The third-order valence-corrected chi connectivity index (χ3v) is 5.72. The molecule has 3 aromatic rings. The molecule has 0 spiro atoms. The average Bonchev–Trinajstić information content (AvgIpc) is 3.69. The van der Waals surface area contributed by atoms with E-state index in [9.17, 15) is 14.4 Å². The van der Waals surface area contributed by atoms with Crippen LogP contribution in [0.15, 0.2) is 60.6 Å². The molecule has 1 atom stereocenters. The Morgan fingerprint density at radius 1 is 1.14 bits per heavy atom. The van der Waals surface area contributed by atoms with E-state index in [-0.39, 0.29) is 23.6 Å². The largest absolute Gasteiger partial charge is 0.402 e. The second-order valence-corrected chi connectivity index (χ2v) is 8.30. The van der Waals surface area contributed by atoms with Gasteiger partial charge in [-0.25, -0.2) is 9.97 Å². The Morgan fingerprint density at radius 3 is 2.63 bits per heavy atom. The van der Waals surface area contributed by atoms with Gasteiger partial charge in [-0.1, -0.05) is 18.2 Å². The first-order valence-electron chi connectivity index (χ1n) is 11.1. The van der Waals surface area contributed by atoms with Crippen molar-refractivity contribution >= 4 is 46.2 Å². The quantitative estimate of drug-likeness (QED) is 0.223. The number of carbonyl (C=O) groups is 3. The smallest absolute Gasteiger partial charge is 0.273 e. The maximum Gasteiger partial charge on any atom is 0.273 e. The van der Waals surface area contributed by atoms with Crippen LogP contribution in [0.1, 0.15) is 41.2 Å². The molecule has 1 aliphatic carbocycles. The fourth-order valence-electron chi connectivity index (χ4n) is 3.74. The summed E-state index contributed by atoms with van der Waals surface area (Å²) in [5.41, 5.74) is 13.6. The summed E-state index contributed by atoms with van der Waals surface area (Å²) in [6, 6.07) is 11.5. The van der Waals surface area contributed by atoms with E-state index in [0.717, 1.165) is 19.1 Å². The molecule has 10 heteroatoms. The first-order valence-corrected chi connectivity index (χ1v) is 11.1. The summed E-state index contributed by atoms with van der Waals surface area (Å²) < 4.78 is 0. The number of rotatable bonds is 10. The van der Waals surface area contributed by atoms with Crippen LogP contribution < -0.4 is 22.1 Å². The predicted octanol–water partition coefficient (Wildman–Crippen LogP) is 2.68. The summed E-state index contributed by atoms with van der Waals surface area (Å²) in [6.07, 6.45) is 5.58. The minimum atomic E-state index is -0.604. The highest BCUT2D eigenvalue weighted by atomic mass is 16.2. The van der Waals surface area contributed by atoms with Gasteiger partial charge in [0.15, 0.2) is 0 Å². The van der Waals surface area contributed by atoms with Gasteiger partial charge in [-0.15, -0.1) is 0 Å². The highest BCUT2D eigenvalue weighted by molar-refractivity contribution is 6.46. The Kier molecular flexibility index (Phi) is 6.81. The van der Waals surface area contributed by atoms with E-state index in [1.165, 1.54) is 12.4 Å². The summed E-state index contributed by atoms with van der Waals surface area (Å²) in [6.45, 7) is 0. The minimum Gasteiger partial charge on any atom is -0.402 e. The molecule has 1 unspecified atom stereocenters. The Morgan fingerprint density at radius 2 is 1.91 bits per heavy atom. The van der Waals surface area contributed by atoms with Crippen molar-refractivity contribution in [2.24, 2.45) is 17.4 Å². The Bertz CT molecular complexity index is 1350. The monoisotopic (exact) mass is 471 g/mol. The molecule has 1 fully saturated rings. The number of amides is 2. The Hall–Kier alpha value is -4.60. The number of allylic oxidation sites excluding steroid dienone is 1. The number of hydrogen-bond donors (Lipinski definition) is 5. The van der Waals surface area contributed by atoms with Gasteiger partial charge in [-0.2, -0.15) is 0 Å². The average molecular weight is 472 g/mol. The maximum atomic E-state index is 12.5. The van der Waals surface area contributed by atoms with Gasteiger partial charge in [0, 0.05) is 23.2 Å². The van der Waals surface area contributed by atoms with E-state index in [0.29, 0.717) is 33.7 Å². The molecule has 0 saturated heterocycles. The van der Waals surface area contributed by atoms with Gasteiger partial charge in [0.1, 0.15) is 24.1 Å². The van der Waals surface area contributed by atoms with Crippen LogP contribution in [-0.2, 0) is 9.59 Å². The molecule has 10 nitrogen and oxygen atoms in total. The molecule has 1 aliphatic rings. The van der Waals surface area contributed by atoms with Crippen LogP contribution in [0.2, 0.25) is 0 Å². The Labute approximate surface area is 201 Å². The number of nitrogens with one attached hydrogen (secondary N) is 3. The number of para-hydroxylation sites is 1. The molecule has 4 rings (SSSR count). The van der Waals surface area contributed by atoms with Gasteiger partial charge < -0.3 is 26.9 Å². The molecule has 1 heterocycles. The molecule has 1 saturated carbocycles. The van der Waals surface area contributed by atoms with Crippen LogP contribution in [0.4, 0.5) is 11.5 Å². The van der Waals surface area contributed by atoms with Crippen molar-refractivity contribution in [3.63, 3.8) is 0 Å². The molecule has 178 valence electrons. The van der Waals surface area contributed by atoms with E-state index in [4.69, 9.17) is 16.9 Å². The lowest BCUT2D eigenvalue weighted by molar-refractivity contribution is -0.110. The van der Waals surface area contributed by atoms with Crippen LogP contribution in [0.3, 0.4) is 0 Å². The van der Waals surface area contributed by atoms with E-state index in [1.807, 2.05) is 6.07 Å². The number of aromatic nitrogens is 2. The normalized spacial score (nSPS) is 14.2. The van der Waals surface area contributed by atoms with Crippen molar-refractivity contribution in [3.8, 4) is 0 Å². The molecule has 35 heavy (non-hydrogen) atoms. The van der Waals surface area contributed by atoms with Gasteiger partial charge in [-0.05, 0) is 54.7 Å². The van der Waals surface area contributed by atoms with Crippen LogP contribution >= 0.6 is 0 Å². The third kappa shape index (κ3) is 5.49. The van der Waals surface area contributed by atoms with Crippen LogP contribution in [0.25, 0.3) is 10.9 Å². The van der Waals surface area contributed by atoms with Crippen molar-refractivity contribution in [2.75, 3.05) is 10.6 Å². The molecular formula is C25H25N7O3. The highest BCUT2D eigenvalue weighted by Gasteiger charge is 2.25. The maximum absolute atomic E-state index is 12.5. The lowest BCUT2D eigenvalue weighted by atomic mass is 10.0. The van der Waals surface area contributed by atoms with Crippen LogP contribution in [0, 0.1) is 11.3 Å². The standard InChI is InChI=1S/C25H25N7O3/c26-19(14-7-8-14)12-20(27)25(35)31-16-4-1-3-15(11-16)21(9-10-33)32-24-18-6-2-5-17(23(28)34)22(18)29-13-30-24/h1-6,10-14,21,27H,7-9,26H2,(H2,28,34)(H,31,35)(H,29,30,32). The summed E-state index contributed by atoms with van der Waals surface area (Å²) in [4.78, 5) is 44.2. The van der Waals surface area contributed by atoms with E-state index >= 15 is 0 Å². The number of aldehydes is 1. The second-order valence-electron chi connectivity index (χ2n) is 8.30. The van der Waals surface area contributed by atoms with Crippen molar-refractivity contribution in [1.29, 1.82) is 5.41 Å². The molecule has 1 aromatic heterocycles. The highest BCUT2D eigenvalue weighted by Crippen LogP contribution is 2.33. The number of anilines is 2. The molecule has 2 aromatic carbocycles. The fraction of sp³-hybridized carbons (Fsp3) is 0.200. The van der Waals surface area contributed by atoms with Gasteiger partial charge in [0.25, 0.3) is 11.8 Å². The molecular weight excluding hydrogens is 446 g/mol. The number of nitrogens with two attached hydrogens (primary N) is 2. The van der Waals surface area contributed by atoms with Gasteiger partial charge >= 0.3 is 0 Å². The zero-order valence-electron chi connectivity index (χ0n) is 18.8. The third-order valence-electron chi connectivity index (χ3n) is 5.72. The number of carbonyl (C=O) groups excluding carboxylic acids is 3. The first-order chi connectivity index (χ1) is 16.9. The SMILES string of the molecule is N=C(C=C(N)C1CC1)C(=O)Nc1cccc(C(CC=O)Nc2ncnc3c(C(N)=O)cccc23)c1. The zero-order valence-corrected chi connectivity index (χ0v) is 18.8. The van der Waals surface area contributed by atoms with Crippen molar-refractivity contribution in [1.82, 2.24) is 9.97 Å². The zero-order chi connectivity index (χ0) is 24.9. The van der Waals surface area contributed by atoms with Gasteiger partial charge in [-0.3, -0.25) is 15.0 Å². The van der Waals surface area contributed by atoms with Crippen molar-refractivity contribution in [3.05, 3.63) is 71.7 Å². The topological polar surface area (TPSA) is 177 Å². The van der Waals surface area contributed by atoms with Crippen molar-refractivity contribution in [2.45, 2.75) is 25.3 Å². The number of primary amides is 1. The lowest BCUT2D eigenvalue weighted by Gasteiger charge is -2.19. The summed E-state index contributed by atoms with van der Waals surface area (Å²) in [5, 5.41) is 14.5. The Balaban J connectivity index is 1.57. The van der Waals surface area contributed by atoms with Gasteiger partial charge in [0.2, 0.25) is 0 Å². The number of hydrogen-bond acceptors (Lipinski definition) is 8. The number of fused-ring (bicyclic) bond motifs is 1. The predicted molar refractivity (Wildman–Crippen MR) is 133 cm³/mol. The van der Waals surface area contributed by atoms with E-state index in [2.05, 4.69) is 20.6 Å². The van der Waals surface area contributed by atoms with E-state index in [1.54, 1.807) is 36.4 Å². The summed E-state index contributed by atoms with van der Waals surface area (Å²) >= 11 is 0. The first kappa shape index (κ1) is 23.6. The second kappa shape index (κ2) is 10.1. The van der Waals surface area contributed by atoms with E-state index < -0.39 is 17.9 Å². The van der Waals surface area contributed by atoms with Crippen molar-refractivity contribution < 1.29 is 14.4 Å². The fourth-order valence-corrected chi connectivity index (χ4v) is 3.74.